The van der Waals surface area contributed by atoms with Crippen molar-refractivity contribution in [2.24, 2.45) is 0 Å². The monoisotopic (exact) mass is 343 g/mol. The normalized spacial score (nSPS) is 10.7. The number of rotatable bonds is 6. The van der Waals surface area contributed by atoms with Crippen molar-refractivity contribution in [3.63, 3.8) is 0 Å². The van der Waals surface area contributed by atoms with Gasteiger partial charge in [0.2, 0.25) is 0 Å². The Morgan fingerprint density at radius 2 is 2.26 bits per heavy atom. The quantitative estimate of drug-likeness (QED) is 0.749. The lowest BCUT2D eigenvalue weighted by atomic mass is 10.2. The molecule has 102 valence electrons. The van der Waals surface area contributed by atoms with Crippen LogP contribution >= 0.6 is 27.5 Å². The largest absolute Gasteiger partial charge is 0.486 e. The van der Waals surface area contributed by atoms with Crippen LogP contribution in [-0.2, 0) is 19.0 Å². The standard InChI is InChI=1S/C13H15BrClN3O/c1-2-5-18-13(16-9-17-18)8-19-11-3-4-12(14)10(6-11)7-15/h3-4,6,9H,2,5,7-8H2,1H3. The second-order valence-corrected chi connectivity index (χ2v) is 5.20. The minimum atomic E-state index is 0.406. The second kappa shape index (κ2) is 6.91. The highest BCUT2D eigenvalue weighted by Gasteiger charge is 2.06. The van der Waals surface area contributed by atoms with Crippen LogP contribution in [0, 0.1) is 0 Å². The molecule has 0 fully saturated rings. The summed E-state index contributed by atoms with van der Waals surface area (Å²) in [5, 5.41) is 4.16. The zero-order chi connectivity index (χ0) is 13.7. The molecule has 0 radical (unpaired) electrons. The molecule has 1 aromatic heterocycles. The first kappa shape index (κ1) is 14.3. The maximum Gasteiger partial charge on any atom is 0.164 e. The fourth-order valence-corrected chi connectivity index (χ4v) is 2.46. The van der Waals surface area contributed by atoms with Gasteiger partial charge in [-0.05, 0) is 30.2 Å². The Morgan fingerprint density at radius 3 is 3.00 bits per heavy atom. The van der Waals surface area contributed by atoms with Crippen LogP contribution in [0.15, 0.2) is 29.0 Å². The average molecular weight is 345 g/mol. The van der Waals surface area contributed by atoms with E-state index >= 15 is 0 Å². The molecule has 0 N–H and O–H groups in total. The summed E-state index contributed by atoms with van der Waals surface area (Å²) in [5.74, 6) is 2.06. The zero-order valence-electron chi connectivity index (χ0n) is 10.6. The van der Waals surface area contributed by atoms with E-state index < -0.39 is 0 Å². The van der Waals surface area contributed by atoms with Gasteiger partial charge in [0.25, 0.3) is 0 Å². The minimum absolute atomic E-state index is 0.406. The smallest absolute Gasteiger partial charge is 0.164 e. The molecule has 0 atom stereocenters. The molecule has 6 heteroatoms. The summed E-state index contributed by atoms with van der Waals surface area (Å²) >= 11 is 9.30. The molecule has 4 nitrogen and oxygen atoms in total. The van der Waals surface area contributed by atoms with Gasteiger partial charge < -0.3 is 4.74 Å². The van der Waals surface area contributed by atoms with Crippen LogP contribution in [0.4, 0.5) is 0 Å². The Labute approximate surface area is 125 Å². The van der Waals surface area contributed by atoms with Crippen molar-refractivity contribution in [2.75, 3.05) is 0 Å². The van der Waals surface area contributed by atoms with Crippen molar-refractivity contribution in [3.05, 3.63) is 40.4 Å². The van der Waals surface area contributed by atoms with Crippen molar-refractivity contribution < 1.29 is 4.74 Å². The lowest BCUT2D eigenvalue weighted by Gasteiger charge is -2.09. The van der Waals surface area contributed by atoms with Gasteiger partial charge in [-0.15, -0.1) is 11.6 Å². The molecule has 0 bridgehead atoms. The first-order chi connectivity index (χ1) is 9.24. The highest BCUT2D eigenvalue weighted by molar-refractivity contribution is 9.10. The number of ether oxygens (including phenoxy) is 1. The van der Waals surface area contributed by atoms with Crippen LogP contribution in [0.25, 0.3) is 0 Å². The number of halogens is 2. The molecular weight excluding hydrogens is 330 g/mol. The van der Waals surface area contributed by atoms with Gasteiger partial charge in [-0.3, -0.25) is 0 Å². The Kier molecular flexibility index (Phi) is 5.22. The summed E-state index contributed by atoms with van der Waals surface area (Å²) in [6.45, 7) is 3.36. The summed E-state index contributed by atoms with van der Waals surface area (Å²) in [6, 6.07) is 5.77. The fraction of sp³-hybridized carbons (Fsp3) is 0.385. The predicted molar refractivity (Wildman–Crippen MR) is 78.3 cm³/mol. The molecule has 0 aliphatic rings. The maximum atomic E-state index is 5.86. The molecule has 1 aromatic carbocycles. The number of aromatic nitrogens is 3. The van der Waals surface area contributed by atoms with Gasteiger partial charge in [-0.1, -0.05) is 22.9 Å². The van der Waals surface area contributed by atoms with Gasteiger partial charge in [-0.2, -0.15) is 5.10 Å². The molecule has 19 heavy (non-hydrogen) atoms. The Bertz CT molecular complexity index is 544. The third-order valence-corrected chi connectivity index (χ3v) is 3.72. The van der Waals surface area contributed by atoms with E-state index in [0.717, 1.165) is 34.6 Å². The van der Waals surface area contributed by atoms with Gasteiger partial charge in [0.15, 0.2) is 5.82 Å². The lowest BCUT2D eigenvalue weighted by molar-refractivity contribution is 0.286. The van der Waals surface area contributed by atoms with Crippen molar-refractivity contribution >= 4 is 27.5 Å². The van der Waals surface area contributed by atoms with Gasteiger partial charge in [0.05, 0.1) is 0 Å². The average Bonchev–Trinajstić information content (AvgIpc) is 2.86. The first-order valence-corrected chi connectivity index (χ1v) is 7.41. The molecule has 2 rings (SSSR count). The van der Waals surface area contributed by atoms with Crippen LogP contribution in [0.3, 0.4) is 0 Å². The van der Waals surface area contributed by atoms with Crippen LogP contribution in [-0.4, -0.2) is 14.8 Å². The van der Waals surface area contributed by atoms with E-state index in [1.165, 1.54) is 0 Å². The maximum absolute atomic E-state index is 5.86. The van der Waals surface area contributed by atoms with Crippen molar-refractivity contribution in [2.45, 2.75) is 32.4 Å². The number of hydrogen-bond acceptors (Lipinski definition) is 3. The van der Waals surface area contributed by atoms with Crippen molar-refractivity contribution in [1.82, 2.24) is 14.8 Å². The molecule has 0 aliphatic heterocycles. The van der Waals surface area contributed by atoms with E-state index in [4.69, 9.17) is 16.3 Å². The minimum Gasteiger partial charge on any atom is -0.486 e. The second-order valence-electron chi connectivity index (χ2n) is 4.07. The molecule has 0 spiro atoms. The number of hydrogen-bond donors (Lipinski definition) is 0. The van der Waals surface area contributed by atoms with Gasteiger partial charge in [-0.25, -0.2) is 9.67 Å². The molecule has 0 unspecified atom stereocenters. The highest BCUT2D eigenvalue weighted by Crippen LogP contribution is 2.24. The van der Waals surface area contributed by atoms with Gasteiger partial charge >= 0.3 is 0 Å². The lowest BCUT2D eigenvalue weighted by Crippen LogP contribution is -2.08. The van der Waals surface area contributed by atoms with E-state index in [2.05, 4.69) is 32.9 Å². The SMILES string of the molecule is CCCn1ncnc1COc1ccc(Br)c(CCl)c1. The number of benzene rings is 1. The highest BCUT2D eigenvalue weighted by atomic mass is 79.9. The molecular formula is C13H15BrClN3O. The summed E-state index contributed by atoms with van der Waals surface area (Å²) < 4.78 is 8.58. The zero-order valence-corrected chi connectivity index (χ0v) is 13.0. The number of aryl methyl sites for hydroxylation is 1. The summed E-state index contributed by atoms with van der Waals surface area (Å²) in [6.07, 6.45) is 2.57. The summed E-state index contributed by atoms with van der Waals surface area (Å²) in [4.78, 5) is 4.20. The Hall–Kier alpha value is -1.07. The Morgan fingerprint density at radius 1 is 1.42 bits per heavy atom. The molecule has 2 aromatic rings. The third-order valence-electron chi connectivity index (χ3n) is 2.66. The van der Waals surface area contributed by atoms with E-state index in [-0.39, 0.29) is 0 Å². The first-order valence-electron chi connectivity index (χ1n) is 6.08. The van der Waals surface area contributed by atoms with Crippen LogP contribution in [0.1, 0.15) is 24.7 Å². The number of nitrogens with zero attached hydrogens (tertiary/aromatic N) is 3. The topological polar surface area (TPSA) is 39.9 Å². The summed E-state index contributed by atoms with van der Waals surface area (Å²) in [7, 11) is 0. The summed E-state index contributed by atoms with van der Waals surface area (Å²) in [5.41, 5.74) is 1.01. The predicted octanol–water partition coefficient (Wildman–Crippen LogP) is 3.77. The number of alkyl halides is 1. The van der Waals surface area contributed by atoms with E-state index in [1.54, 1.807) is 6.33 Å². The molecule has 0 amide bonds. The van der Waals surface area contributed by atoms with E-state index in [9.17, 15) is 0 Å². The van der Waals surface area contributed by atoms with Gasteiger partial charge in [0, 0.05) is 16.9 Å². The van der Waals surface area contributed by atoms with Crippen molar-refractivity contribution in [3.8, 4) is 5.75 Å². The fourth-order valence-electron chi connectivity index (χ4n) is 1.69. The third kappa shape index (κ3) is 3.70. The van der Waals surface area contributed by atoms with Crippen LogP contribution in [0.5, 0.6) is 5.75 Å². The van der Waals surface area contributed by atoms with Gasteiger partial charge in [0.1, 0.15) is 18.7 Å². The van der Waals surface area contributed by atoms with Crippen molar-refractivity contribution in [1.29, 1.82) is 0 Å². The van der Waals surface area contributed by atoms with Crippen LogP contribution in [0.2, 0.25) is 0 Å². The van der Waals surface area contributed by atoms with Crippen LogP contribution < -0.4 is 4.74 Å². The molecule has 0 aliphatic carbocycles. The molecule has 0 saturated heterocycles. The van der Waals surface area contributed by atoms with E-state index in [1.807, 2.05) is 22.9 Å². The van der Waals surface area contributed by atoms with E-state index in [0.29, 0.717) is 12.5 Å². The molecule has 1 heterocycles. The Balaban J connectivity index is 2.04. The molecule has 0 saturated carbocycles.